The molecule has 29 heavy (non-hydrogen) atoms. The Balaban J connectivity index is 1.78. The minimum atomic E-state index is -4.72. The number of anilines is 1. The van der Waals surface area contributed by atoms with Crippen LogP contribution in [0.25, 0.3) is 0 Å². The molecule has 1 aliphatic carbocycles. The van der Waals surface area contributed by atoms with Gasteiger partial charge in [-0.15, -0.1) is 0 Å². The van der Waals surface area contributed by atoms with Crippen molar-refractivity contribution in [3.63, 3.8) is 0 Å². The summed E-state index contributed by atoms with van der Waals surface area (Å²) in [6.07, 6.45) is -1.86. The number of nitriles is 1. The first-order valence-electron chi connectivity index (χ1n) is 9.10. The molecule has 1 amide bonds. The van der Waals surface area contributed by atoms with Crippen LogP contribution in [0.3, 0.4) is 0 Å². The maximum atomic E-state index is 13.4. The molecule has 5 nitrogen and oxygen atoms in total. The molecule has 0 unspecified atom stereocenters. The number of rotatable bonds is 2. The molecule has 9 heteroatoms. The molecule has 1 spiro atoms. The van der Waals surface area contributed by atoms with Crippen LogP contribution in [0, 0.1) is 18.3 Å². The lowest BCUT2D eigenvalue weighted by Crippen LogP contribution is -2.55. The third-order valence-electron chi connectivity index (χ3n) is 5.62. The third-order valence-corrected chi connectivity index (χ3v) is 5.98. The minimum absolute atomic E-state index is 0.0900. The van der Waals surface area contributed by atoms with Gasteiger partial charge in [-0.2, -0.15) is 18.4 Å². The molecule has 2 fully saturated rings. The van der Waals surface area contributed by atoms with E-state index in [4.69, 9.17) is 17.5 Å². The summed E-state index contributed by atoms with van der Waals surface area (Å²) in [6.45, 7) is 1.85. The number of alkyl halides is 3. The van der Waals surface area contributed by atoms with Gasteiger partial charge in [0.25, 0.3) is 5.91 Å². The Bertz CT molecular complexity index is 1000. The van der Waals surface area contributed by atoms with Crippen molar-refractivity contribution >= 4 is 28.9 Å². The number of nitrogens with zero attached hydrogens (tertiary/aromatic N) is 3. The molecule has 0 bridgehead atoms. The molecular weight excluding hydrogens is 401 g/mol. The zero-order valence-corrected chi connectivity index (χ0v) is 16.3. The average molecular weight is 418 g/mol. The van der Waals surface area contributed by atoms with Crippen LogP contribution in [0.4, 0.5) is 18.9 Å². The number of hydrogen-bond acceptors (Lipinski definition) is 4. The van der Waals surface area contributed by atoms with Gasteiger partial charge in [-0.25, -0.2) is 0 Å². The average Bonchev–Trinajstić information content (AvgIpc) is 2.88. The van der Waals surface area contributed by atoms with Crippen LogP contribution in [0.15, 0.2) is 47.3 Å². The van der Waals surface area contributed by atoms with E-state index in [9.17, 15) is 18.0 Å². The number of allylic oxidation sites excluding steroid dienone is 3. The van der Waals surface area contributed by atoms with E-state index in [2.05, 4.69) is 5.32 Å². The normalized spacial score (nSPS) is 21.1. The Morgan fingerprint density at radius 3 is 2.41 bits per heavy atom. The Morgan fingerprint density at radius 2 is 1.90 bits per heavy atom. The van der Waals surface area contributed by atoms with Crippen LogP contribution in [-0.2, 0) is 4.79 Å². The molecule has 1 saturated carbocycles. The first-order valence-corrected chi connectivity index (χ1v) is 9.51. The molecule has 1 N–H and O–H groups in total. The van der Waals surface area contributed by atoms with E-state index in [1.54, 1.807) is 4.90 Å². The van der Waals surface area contributed by atoms with Crippen LogP contribution in [-0.4, -0.2) is 34.2 Å². The fraction of sp³-hybridized carbons (Fsp3) is 0.350. The summed E-state index contributed by atoms with van der Waals surface area (Å²) in [5, 5.41) is 11.6. The molecule has 1 aromatic carbocycles. The lowest BCUT2D eigenvalue weighted by molar-refractivity contribution is -0.132. The summed E-state index contributed by atoms with van der Waals surface area (Å²) < 4.78 is 40.2. The zero-order chi connectivity index (χ0) is 21.0. The van der Waals surface area contributed by atoms with E-state index in [0.29, 0.717) is 12.8 Å². The Kier molecular flexibility index (Phi) is 4.42. The lowest BCUT2D eigenvalue weighted by Gasteiger charge is -2.43. The highest BCUT2D eigenvalue weighted by molar-refractivity contribution is 7.80. The topological polar surface area (TPSA) is 59.4 Å². The highest BCUT2D eigenvalue weighted by atomic mass is 32.1. The van der Waals surface area contributed by atoms with E-state index in [1.807, 2.05) is 31.2 Å². The Labute approximate surface area is 171 Å². The first-order chi connectivity index (χ1) is 13.7. The molecule has 3 aliphatic rings. The standard InChI is InChI=1S/C20H17F3N4OS/c1-12-3-5-13(6-4-12)27-18(29)26(17(28)19(27)7-2-8-19)14-9-15(20(21,22)23)16(10-24)25-11-14/h3-6,9,25H,2,7-8,11H2,1H3. The second-order valence-electron chi connectivity index (χ2n) is 7.37. The number of carbonyl (C=O) groups excluding carboxylic acids is 1. The summed E-state index contributed by atoms with van der Waals surface area (Å²) in [4.78, 5) is 16.3. The van der Waals surface area contributed by atoms with Gasteiger partial charge in [-0.3, -0.25) is 9.69 Å². The van der Waals surface area contributed by atoms with Gasteiger partial charge in [0, 0.05) is 11.4 Å². The maximum absolute atomic E-state index is 13.4. The van der Waals surface area contributed by atoms with Crippen LogP contribution in [0.2, 0.25) is 0 Å². The number of nitrogens with one attached hydrogen (secondary N) is 1. The van der Waals surface area contributed by atoms with Gasteiger partial charge in [0.15, 0.2) is 5.11 Å². The number of hydrogen-bond donors (Lipinski definition) is 1. The number of amides is 1. The fourth-order valence-corrected chi connectivity index (χ4v) is 4.44. The van der Waals surface area contributed by atoms with E-state index in [0.717, 1.165) is 23.7 Å². The van der Waals surface area contributed by atoms with Crippen LogP contribution < -0.4 is 10.2 Å². The van der Waals surface area contributed by atoms with Gasteiger partial charge in [-0.05, 0) is 56.6 Å². The molecular formula is C20H17F3N4OS. The SMILES string of the molecule is Cc1ccc(N2C(=S)N(C3=CC(C(F)(F)F)=C(C#N)NC3)C(=O)C23CCC3)cc1. The lowest BCUT2D eigenvalue weighted by atomic mass is 9.75. The monoisotopic (exact) mass is 418 g/mol. The van der Waals surface area contributed by atoms with Crippen molar-refractivity contribution in [2.75, 3.05) is 11.4 Å². The Morgan fingerprint density at radius 1 is 1.24 bits per heavy atom. The number of benzene rings is 1. The molecule has 0 radical (unpaired) electrons. The van der Waals surface area contributed by atoms with Crippen molar-refractivity contribution in [1.82, 2.24) is 10.2 Å². The van der Waals surface area contributed by atoms with Crippen molar-refractivity contribution < 1.29 is 18.0 Å². The number of dihydropyridines is 1. The number of thiocarbonyl (C=S) groups is 1. The summed E-state index contributed by atoms with van der Waals surface area (Å²) in [5.41, 5.74) is -0.643. The molecule has 1 saturated heterocycles. The maximum Gasteiger partial charge on any atom is 0.419 e. The number of halogens is 3. The van der Waals surface area contributed by atoms with Crippen molar-refractivity contribution in [2.45, 2.75) is 37.9 Å². The molecule has 2 aliphatic heterocycles. The largest absolute Gasteiger partial charge is 0.419 e. The molecule has 4 rings (SSSR count). The molecule has 2 heterocycles. The van der Waals surface area contributed by atoms with E-state index in [1.165, 1.54) is 11.0 Å². The summed E-state index contributed by atoms with van der Waals surface area (Å²) in [5.74, 6) is -0.315. The number of aryl methyl sites for hydroxylation is 1. The van der Waals surface area contributed by atoms with Crippen molar-refractivity contribution in [3.05, 3.63) is 52.9 Å². The molecule has 0 atom stereocenters. The summed E-state index contributed by atoms with van der Waals surface area (Å²) in [6, 6.07) is 9.06. The second-order valence-corrected chi connectivity index (χ2v) is 7.73. The third kappa shape index (κ3) is 2.90. The first kappa shape index (κ1) is 19.5. The van der Waals surface area contributed by atoms with Crippen molar-refractivity contribution in [2.24, 2.45) is 0 Å². The quantitative estimate of drug-likeness (QED) is 0.743. The van der Waals surface area contributed by atoms with E-state index in [-0.39, 0.29) is 23.3 Å². The van der Waals surface area contributed by atoms with Gasteiger partial charge in [0.1, 0.15) is 17.3 Å². The van der Waals surface area contributed by atoms with Crippen LogP contribution in [0.5, 0.6) is 0 Å². The van der Waals surface area contributed by atoms with Gasteiger partial charge < -0.3 is 10.2 Å². The summed E-state index contributed by atoms with van der Waals surface area (Å²) >= 11 is 5.57. The highest BCUT2D eigenvalue weighted by Gasteiger charge is 2.60. The highest BCUT2D eigenvalue weighted by Crippen LogP contribution is 2.48. The van der Waals surface area contributed by atoms with Gasteiger partial charge in [0.2, 0.25) is 0 Å². The van der Waals surface area contributed by atoms with Crippen LogP contribution >= 0.6 is 12.2 Å². The molecule has 0 aromatic heterocycles. The van der Waals surface area contributed by atoms with Gasteiger partial charge >= 0.3 is 6.18 Å². The predicted octanol–water partition coefficient (Wildman–Crippen LogP) is 3.68. The van der Waals surface area contributed by atoms with Crippen LogP contribution in [0.1, 0.15) is 24.8 Å². The van der Waals surface area contributed by atoms with Crippen molar-refractivity contribution in [1.29, 1.82) is 5.26 Å². The number of carbonyl (C=O) groups is 1. The molecule has 1 aromatic rings. The summed E-state index contributed by atoms with van der Waals surface area (Å²) in [7, 11) is 0. The predicted molar refractivity (Wildman–Crippen MR) is 104 cm³/mol. The van der Waals surface area contributed by atoms with E-state index < -0.39 is 23.0 Å². The Hall–Kier alpha value is -2.86. The minimum Gasteiger partial charge on any atom is -0.370 e. The van der Waals surface area contributed by atoms with E-state index >= 15 is 0 Å². The molecule has 150 valence electrons. The van der Waals surface area contributed by atoms with Gasteiger partial charge in [0.05, 0.1) is 12.1 Å². The smallest absolute Gasteiger partial charge is 0.370 e. The van der Waals surface area contributed by atoms with Gasteiger partial charge in [-0.1, -0.05) is 17.7 Å². The van der Waals surface area contributed by atoms with Crippen molar-refractivity contribution in [3.8, 4) is 6.07 Å². The fourth-order valence-electron chi connectivity index (χ4n) is 3.96. The zero-order valence-electron chi connectivity index (χ0n) is 15.5. The second kappa shape index (κ2) is 6.59.